The van der Waals surface area contributed by atoms with Crippen LogP contribution in [0.2, 0.25) is 5.15 Å². The van der Waals surface area contributed by atoms with Gasteiger partial charge in [-0.25, -0.2) is 9.97 Å². The minimum Gasteiger partial charge on any atom is -0.225 e. The standard InChI is InChI=1S/C6HClI2N2S/c7-4-2-3(8)5(9)12-6(2)11-1-10-4/h1H. The fourth-order valence-electron chi connectivity index (χ4n) is 0.839. The van der Waals surface area contributed by atoms with Crippen LogP contribution in [0.25, 0.3) is 10.2 Å². The van der Waals surface area contributed by atoms with Crippen LogP contribution < -0.4 is 0 Å². The van der Waals surface area contributed by atoms with Crippen molar-refractivity contribution in [1.82, 2.24) is 9.97 Å². The highest BCUT2D eigenvalue weighted by Gasteiger charge is 2.11. The third kappa shape index (κ3) is 1.44. The summed E-state index contributed by atoms with van der Waals surface area (Å²) >= 11 is 12.1. The number of halogens is 3. The molecular weight excluding hydrogens is 421 g/mol. The Balaban J connectivity index is 2.97. The van der Waals surface area contributed by atoms with Gasteiger partial charge in [-0.2, -0.15) is 0 Å². The topological polar surface area (TPSA) is 25.8 Å². The summed E-state index contributed by atoms with van der Waals surface area (Å²) in [5.74, 6) is 0. The van der Waals surface area contributed by atoms with E-state index in [2.05, 4.69) is 55.1 Å². The van der Waals surface area contributed by atoms with E-state index in [9.17, 15) is 0 Å². The molecule has 0 radical (unpaired) electrons. The van der Waals surface area contributed by atoms with E-state index in [4.69, 9.17) is 11.6 Å². The fourth-order valence-corrected chi connectivity index (χ4v) is 3.96. The molecule has 0 aliphatic heterocycles. The molecule has 0 fully saturated rings. The Labute approximate surface area is 105 Å². The Morgan fingerprint density at radius 1 is 1.33 bits per heavy atom. The molecule has 0 spiro atoms. The quantitative estimate of drug-likeness (QED) is 0.479. The summed E-state index contributed by atoms with van der Waals surface area (Å²) in [5.41, 5.74) is 0. The number of hydrogen-bond acceptors (Lipinski definition) is 3. The van der Waals surface area contributed by atoms with Crippen LogP contribution in [-0.4, -0.2) is 9.97 Å². The highest BCUT2D eigenvalue weighted by molar-refractivity contribution is 14.1. The average molecular weight is 422 g/mol. The van der Waals surface area contributed by atoms with Gasteiger partial charge in [0.15, 0.2) is 0 Å². The highest BCUT2D eigenvalue weighted by atomic mass is 127. The maximum Gasteiger partial charge on any atom is 0.142 e. The van der Waals surface area contributed by atoms with Crippen molar-refractivity contribution < 1.29 is 0 Å². The first-order valence-corrected chi connectivity index (χ1v) is 6.29. The molecule has 0 atom stereocenters. The maximum atomic E-state index is 5.92. The molecule has 2 aromatic rings. The molecule has 2 rings (SSSR count). The van der Waals surface area contributed by atoms with Crippen LogP contribution in [0, 0.1) is 6.45 Å². The van der Waals surface area contributed by atoms with Crippen molar-refractivity contribution in [2.75, 3.05) is 0 Å². The van der Waals surface area contributed by atoms with Crippen LogP contribution in [0.4, 0.5) is 0 Å². The van der Waals surface area contributed by atoms with Gasteiger partial charge in [-0.1, -0.05) is 11.6 Å². The lowest BCUT2D eigenvalue weighted by Gasteiger charge is -1.90. The monoisotopic (exact) mass is 422 g/mol. The normalized spacial score (nSPS) is 10.9. The van der Waals surface area contributed by atoms with Crippen LogP contribution >= 0.6 is 68.1 Å². The molecule has 0 bridgehead atoms. The lowest BCUT2D eigenvalue weighted by atomic mass is 10.4. The summed E-state index contributed by atoms with van der Waals surface area (Å²) in [6.07, 6.45) is 1.49. The van der Waals surface area contributed by atoms with Gasteiger partial charge >= 0.3 is 0 Å². The highest BCUT2D eigenvalue weighted by Crippen LogP contribution is 2.34. The van der Waals surface area contributed by atoms with Gasteiger partial charge in [-0.05, 0) is 45.2 Å². The van der Waals surface area contributed by atoms with Gasteiger partial charge in [-0.3, -0.25) is 0 Å². The van der Waals surface area contributed by atoms with E-state index in [1.807, 2.05) is 0 Å². The van der Waals surface area contributed by atoms with Crippen molar-refractivity contribution in [2.24, 2.45) is 0 Å². The number of fused-ring (bicyclic) bond motifs is 1. The molecule has 0 amide bonds. The van der Waals surface area contributed by atoms with Gasteiger partial charge in [0.1, 0.15) is 16.3 Å². The van der Waals surface area contributed by atoms with Gasteiger partial charge in [0.2, 0.25) is 0 Å². The lowest BCUT2D eigenvalue weighted by molar-refractivity contribution is 1.23. The van der Waals surface area contributed by atoms with E-state index in [0.717, 1.165) is 13.8 Å². The summed E-state index contributed by atoms with van der Waals surface area (Å²) in [4.78, 5) is 9.03. The summed E-state index contributed by atoms with van der Waals surface area (Å²) < 4.78 is 2.37. The van der Waals surface area contributed by atoms with E-state index >= 15 is 0 Å². The second-order valence-corrected chi connectivity index (χ2v) is 6.28. The van der Waals surface area contributed by atoms with Crippen LogP contribution in [0.15, 0.2) is 6.33 Å². The van der Waals surface area contributed by atoms with E-state index in [-0.39, 0.29) is 0 Å². The minimum atomic E-state index is 0.545. The van der Waals surface area contributed by atoms with Crippen molar-refractivity contribution in [3.8, 4) is 0 Å². The Morgan fingerprint density at radius 3 is 2.75 bits per heavy atom. The third-order valence-corrected chi connectivity index (χ3v) is 6.19. The molecule has 2 nitrogen and oxygen atoms in total. The number of aromatic nitrogens is 2. The molecule has 0 aromatic carbocycles. The number of rotatable bonds is 0. The number of thiophene rings is 1. The van der Waals surface area contributed by atoms with Gasteiger partial charge < -0.3 is 0 Å². The molecule has 2 aromatic heterocycles. The molecule has 6 heteroatoms. The van der Waals surface area contributed by atoms with Crippen LogP contribution in [-0.2, 0) is 0 Å². The van der Waals surface area contributed by atoms with Crippen molar-refractivity contribution in [1.29, 1.82) is 0 Å². The van der Waals surface area contributed by atoms with Gasteiger partial charge in [0.05, 0.1) is 8.27 Å². The van der Waals surface area contributed by atoms with Crippen molar-refractivity contribution >= 4 is 78.3 Å². The SMILES string of the molecule is Clc1ncnc2sc(I)c(I)c12. The van der Waals surface area contributed by atoms with E-state index in [1.54, 1.807) is 11.3 Å². The lowest BCUT2D eigenvalue weighted by Crippen LogP contribution is -1.79. The zero-order valence-corrected chi connectivity index (χ0v) is 11.4. The third-order valence-electron chi connectivity index (χ3n) is 1.34. The second kappa shape index (κ2) is 3.50. The molecule has 0 saturated heterocycles. The minimum absolute atomic E-state index is 0.545. The first kappa shape index (κ1) is 9.35. The van der Waals surface area contributed by atoms with E-state index in [0.29, 0.717) is 5.15 Å². The van der Waals surface area contributed by atoms with Gasteiger partial charge in [-0.15, -0.1) is 11.3 Å². The molecule has 62 valence electrons. The molecule has 0 aliphatic rings. The first-order valence-electron chi connectivity index (χ1n) is 2.94. The Bertz CT molecular complexity index is 442. The molecular formula is C6HClI2N2S. The van der Waals surface area contributed by atoms with Crippen LogP contribution in [0.1, 0.15) is 0 Å². The Morgan fingerprint density at radius 2 is 2.08 bits per heavy atom. The van der Waals surface area contributed by atoms with Crippen LogP contribution in [0.5, 0.6) is 0 Å². The molecule has 0 aliphatic carbocycles. The second-order valence-electron chi connectivity index (χ2n) is 2.03. The smallest absolute Gasteiger partial charge is 0.142 e. The Kier molecular flexibility index (Phi) is 2.73. The van der Waals surface area contributed by atoms with Crippen LogP contribution in [0.3, 0.4) is 0 Å². The van der Waals surface area contributed by atoms with Gasteiger partial charge in [0.25, 0.3) is 0 Å². The molecule has 12 heavy (non-hydrogen) atoms. The summed E-state index contributed by atoms with van der Waals surface area (Å²) in [7, 11) is 0. The zero-order chi connectivity index (χ0) is 8.72. The molecule has 0 N–H and O–H groups in total. The first-order chi connectivity index (χ1) is 5.70. The largest absolute Gasteiger partial charge is 0.225 e. The maximum absolute atomic E-state index is 5.92. The zero-order valence-electron chi connectivity index (χ0n) is 5.51. The van der Waals surface area contributed by atoms with Crippen molar-refractivity contribution in [3.63, 3.8) is 0 Å². The predicted octanol–water partition coefficient (Wildman–Crippen LogP) is 3.55. The summed E-state index contributed by atoms with van der Waals surface area (Å²) in [5, 5.41) is 1.53. The van der Waals surface area contributed by atoms with Gasteiger partial charge in [0, 0.05) is 3.57 Å². The van der Waals surface area contributed by atoms with E-state index < -0.39 is 0 Å². The average Bonchev–Trinajstić information content (AvgIpc) is 2.29. The molecule has 0 unspecified atom stereocenters. The molecule has 2 heterocycles. The van der Waals surface area contributed by atoms with Crippen molar-refractivity contribution in [3.05, 3.63) is 17.9 Å². The predicted molar refractivity (Wildman–Crippen MR) is 67.9 cm³/mol. The van der Waals surface area contributed by atoms with E-state index in [1.165, 1.54) is 9.21 Å². The number of nitrogens with zero attached hydrogens (tertiary/aromatic N) is 2. The fraction of sp³-hybridized carbons (Fsp3) is 0. The molecule has 0 saturated carbocycles. The number of hydrogen-bond donors (Lipinski definition) is 0. The Hall–Kier alpha value is 0.790. The van der Waals surface area contributed by atoms with Crippen molar-refractivity contribution in [2.45, 2.75) is 0 Å². The summed E-state index contributed by atoms with van der Waals surface area (Å²) in [6, 6.07) is 0. The summed E-state index contributed by atoms with van der Waals surface area (Å²) in [6.45, 7) is 0.